The van der Waals surface area contributed by atoms with E-state index in [0.29, 0.717) is 5.92 Å². The van der Waals surface area contributed by atoms with Gasteiger partial charge < -0.3 is 10.6 Å². The second kappa shape index (κ2) is 5.84. The molecular weight excluding hydrogens is 212 g/mol. The van der Waals surface area contributed by atoms with E-state index in [0.717, 1.165) is 18.2 Å². The van der Waals surface area contributed by atoms with Gasteiger partial charge in [-0.15, -0.1) is 0 Å². The van der Waals surface area contributed by atoms with Crippen LogP contribution in [0.3, 0.4) is 0 Å². The van der Waals surface area contributed by atoms with E-state index < -0.39 is 0 Å². The number of aromatic nitrogens is 2. The predicted octanol–water partition coefficient (Wildman–Crippen LogP) is 3.00. The van der Waals surface area contributed by atoms with Crippen LogP contribution < -0.4 is 10.6 Å². The molecule has 0 saturated carbocycles. The molecule has 2 N–H and O–H groups in total. The second-order valence-electron chi connectivity index (χ2n) is 5.65. The van der Waals surface area contributed by atoms with Crippen molar-refractivity contribution in [2.24, 2.45) is 11.3 Å². The van der Waals surface area contributed by atoms with Crippen molar-refractivity contribution in [1.29, 1.82) is 0 Å². The van der Waals surface area contributed by atoms with Crippen LogP contribution >= 0.6 is 0 Å². The van der Waals surface area contributed by atoms with E-state index >= 15 is 0 Å². The zero-order chi connectivity index (χ0) is 12.9. The fourth-order valence-electron chi connectivity index (χ4n) is 2.10. The Morgan fingerprint density at radius 3 is 2.47 bits per heavy atom. The summed E-state index contributed by atoms with van der Waals surface area (Å²) in [5, 5.41) is 6.38. The van der Waals surface area contributed by atoms with Crippen LogP contribution in [0, 0.1) is 11.3 Å². The molecule has 0 bridgehead atoms. The molecule has 0 fully saturated rings. The van der Waals surface area contributed by atoms with Crippen molar-refractivity contribution in [2.45, 2.75) is 34.1 Å². The Morgan fingerprint density at radius 2 is 1.88 bits per heavy atom. The highest BCUT2D eigenvalue weighted by atomic mass is 15.1. The normalized spacial score (nSPS) is 11.6. The van der Waals surface area contributed by atoms with Gasteiger partial charge in [0.25, 0.3) is 0 Å². The maximum absolute atomic E-state index is 4.21. The summed E-state index contributed by atoms with van der Waals surface area (Å²) < 4.78 is 0. The first kappa shape index (κ1) is 13.7. The standard InChI is InChI=1S/C13H24N4/c1-10(2)7-13(3,4)8-15-12-6-11(14-5)16-9-17-12/h6,9-10H,7-8H2,1-5H3,(H2,14,15,16,17). The molecule has 0 atom stereocenters. The minimum absolute atomic E-state index is 0.277. The molecule has 17 heavy (non-hydrogen) atoms. The number of nitrogens with zero attached hydrogens (tertiary/aromatic N) is 2. The summed E-state index contributed by atoms with van der Waals surface area (Å²) in [6.07, 6.45) is 2.77. The number of hydrogen-bond acceptors (Lipinski definition) is 4. The maximum atomic E-state index is 4.21. The molecule has 96 valence electrons. The molecule has 0 spiro atoms. The van der Waals surface area contributed by atoms with Crippen molar-refractivity contribution in [3.05, 3.63) is 12.4 Å². The fourth-order valence-corrected chi connectivity index (χ4v) is 2.10. The van der Waals surface area contributed by atoms with Gasteiger partial charge in [-0.3, -0.25) is 0 Å². The third-order valence-corrected chi connectivity index (χ3v) is 2.63. The predicted molar refractivity (Wildman–Crippen MR) is 73.3 cm³/mol. The smallest absolute Gasteiger partial charge is 0.131 e. The van der Waals surface area contributed by atoms with Gasteiger partial charge in [-0.1, -0.05) is 27.7 Å². The zero-order valence-electron chi connectivity index (χ0n) is 11.5. The summed E-state index contributed by atoms with van der Waals surface area (Å²) in [4.78, 5) is 8.30. The molecule has 1 rings (SSSR count). The van der Waals surface area contributed by atoms with Gasteiger partial charge >= 0.3 is 0 Å². The van der Waals surface area contributed by atoms with Crippen molar-refractivity contribution in [3.8, 4) is 0 Å². The van der Waals surface area contributed by atoms with Crippen LogP contribution in [0.25, 0.3) is 0 Å². The van der Waals surface area contributed by atoms with Crippen molar-refractivity contribution >= 4 is 11.6 Å². The lowest BCUT2D eigenvalue weighted by Crippen LogP contribution is -2.25. The van der Waals surface area contributed by atoms with Crippen molar-refractivity contribution in [3.63, 3.8) is 0 Å². The monoisotopic (exact) mass is 236 g/mol. The first-order valence-corrected chi connectivity index (χ1v) is 6.16. The van der Waals surface area contributed by atoms with Gasteiger partial charge in [-0.05, 0) is 17.8 Å². The van der Waals surface area contributed by atoms with Crippen LogP contribution in [-0.4, -0.2) is 23.6 Å². The Labute approximate surface area is 104 Å². The first-order chi connectivity index (χ1) is 7.93. The highest BCUT2D eigenvalue weighted by Gasteiger charge is 2.19. The third-order valence-electron chi connectivity index (χ3n) is 2.63. The summed E-state index contributed by atoms with van der Waals surface area (Å²) >= 11 is 0. The van der Waals surface area contributed by atoms with E-state index in [1.54, 1.807) is 6.33 Å². The third kappa shape index (κ3) is 5.02. The van der Waals surface area contributed by atoms with Gasteiger partial charge in [0.05, 0.1) is 0 Å². The van der Waals surface area contributed by atoms with Crippen LogP contribution in [-0.2, 0) is 0 Å². The largest absolute Gasteiger partial charge is 0.373 e. The molecule has 0 aromatic carbocycles. The Balaban J connectivity index is 2.54. The minimum atomic E-state index is 0.277. The maximum Gasteiger partial charge on any atom is 0.131 e. The first-order valence-electron chi connectivity index (χ1n) is 6.16. The number of rotatable bonds is 6. The molecule has 0 saturated heterocycles. The Bertz CT molecular complexity index is 347. The van der Waals surface area contributed by atoms with E-state index in [4.69, 9.17) is 0 Å². The molecule has 1 aromatic rings. The van der Waals surface area contributed by atoms with E-state index in [1.807, 2.05) is 13.1 Å². The lowest BCUT2D eigenvalue weighted by atomic mass is 9.84. The van der Waals surface area contributed by atoms with E-state index in [2.05, 4.69) is 48.3 Å². The van der Waals surface area contributed by atoms with E-state index in [1.165, 1.54) is 6.42 Å². The Morgan fingerprint density at radius 1 is 1.24 bits per heavy atom. The molecule has 0 radical (unpaired) electrons. The summed E-state index contributed by atoms with van der Waals surface area (Å²) in [7, 11) is 1.86. The molecule has 1 heterocycles. The average molecular weight is 236 g/mol. The summed E-state index contributed by atoms with van der Waals surface area (Å²) in [6.45, 7) is 9.99. The number of hydrogen-bond donors (Lipinski definition) is 2. The van der Waals surface area contributed by atoms with E-state index in [9.17, 15) is 0 Å². The molecule has 0 amide bonds. The van der Waals surface area contributed by atoms with Crippen molar-refractivity contribution < 1.29 is 0 Å². The van der Waals surface area contributed by atoms with Crippen LogP contribution in [0.5, 0.6) is 0 Å². The lowest BCUT2D eigenvalue weighted by molar-refractivity contribution is 0.306. The van der Waals surface area contributed by atoms with Gasteiger partial charge in [0, 0.05) is 19.7 Å². The molecule has 4 heteroatoms. The van der Waals surface area contributed by atoms with E-state index in [-0.39, 0.29) is 5.41 Å². The van der Waals surface area contributed by atoms with Crippen LogP contribution in [0.2, 0.25) is 0 Å². The van der Waals surface area contributed by atoms with Gasteiger partial charge in [-0.25, -0.2) is 9.97 Å². The quantitative estimate of drug-likeness (QED) is 0.797. The second-order valence-corrected chi connectivity index (χ2v) is 5.65. The topological polar surface area (TPSA) is 49.8 Å². The molecule has 4 nitrogen and oxygen atoms in total. The molecule has 0 aliphatic heterocycles. The minimum Gasteiger partial charge on any atom is -0.373 e. The molecule has 0 unspecified atom stereocenters. The lowest BCUT2D eigenvalue weighted by Gasteiger charge is -2.27. The van der Waals surface area contributed by atoms with Crippen LogP contribution in [0.15, 0.2) is 12.4 Å². The molecule has 1 aromatic heterocycles. The van der Waals surface area contributed by atoms with Crippen LogP contribution in [0.1, 0.15) is 34.1 Å². The van der Waals surface area contributed by atoms with Gasteiger partial charge in [0.2, 0.25) is 0 Å². The zero-order valence-corrected chi connectivity index (χ0v) is 11.5. The molecule has 0 aliphatic rings. The van der Waals surface area contributed by atoms with Gasteiger partial charge in [-0.2, -0.15) is 0 Å². The highest BCUT2D eigenvalue weighted by molar-refractivity contribution is 5.45. The average Bonchev–Trinajstić information content (AvgIpc) is 2.25. The number of anilines is 2. The van der Waals surface area contributed by atoms with Gasteiger partial charge in [0.15, 0.2) is 0 Å². The highest BCUT2D eigenvalue weighted by Crippen LogP contribution is 2.25. The Kier molecular flexibility index (Phi) is 4.73. The summed E-state index contributed by atoms with van der Waals surface area (Å²) in [6, 6.07) is 1.92. The SMILES string of the molecule is CNc1cc(NCC(C)(C)CC(C)C)ncn1. The molecular formula is C13H24N4. The fraction of sp³-hybridized carbons (Fsp3) is 0.692. The Hall–Kier alpha value is -1.32. The molecule has 0 aliphatic carbocycles. The number of nitrogens with one attached hydrogen (secondary N) is 2. The van der Waals surface area contributed by atoms with Gasteiger partial charge in [0.1, 0.15) is 18.0 Å². The van der Waals surface area contributed by atoms with Crippen LogP contribution in [0.4, 0.5) is 11.6 Å². The summed E-state index contributed by atoms with van der Waals surface area (Å²) in [5.74, 6) is 2.43. The van der Waals surface area contributed by atoms with Crippen molar-refractivity contribution in [1.82, 2.24) is 9.97 Å². The van der Waals surface area contributed by atoms with Crippen molar-refractivity contribution in [2.75, 3.05) is 24.2 Å². The summed E-state index contributed by atoms with van der Waals surface area (Å²) in [5.41, 5.74) is 0.277.